The van der Waals surface area contributed by atoms with E-state index in [1.54, 1.807) is 54.1 Å². The molecular formula is C20H20N6O3. The number of benzene rings is 1. The van der Waals surface area contributed by atoms with Gasteiger partial charge in [-0.05, 0) is 38.1 Å². The molecule has 0 unspecified atom stereocenters. The number of allylic oxidation sites excluding steroid dienone is 2. The van der Waals surface area contributed by atoms with Crippen molar-refractivity contribution in [1.29, 1.82) is 0 Å². The van der Waals surface area contributed by atoms with Crippen molar-refractivity contribution in [3.63, 3.8) is 0 Å². The zero-order chi connectivity index (χ0) is 20.9. The third-order valence-electron chi connectivity index (χ3n) is 4.96. The predicted octanol–water partition coefficient (Wildman–Crippen LogP) is 1.12. The van der Waals surface area contributed by atoms with Gasteiger partial charge in [0, 0.05) is 36.7 Å². The second-order valence-electron chi connectivity index (χ2n) is 6.80. The number of carbonyl (C=O) groups excluding carboxylic acids is 1. The summed E-state index contributed by atoms with van der Waals surface area (Å²) in [6.07, 6.45) is 5.35. The van der Waals surface area contributed by atoms with Gasteiger partial charge in [0.2, 0.25) is 11.7 Å². The van der Waals surface area contributed by atoms with E-state index in [2.05, 4.69) is 4.98 Å². The van der Waals surface area contributed by atoms with Gasteiger partial charge in [0.25, 0.3) is 5.56 Å². The first kappa shape index (κ1) is 18.5. The normalized spacial score (nSPS) is 11.8. The van der Waals surface area contributed by atoms with Crippen molar-refractivity contribution in [2.45, 2.75) is 20.4 Å². The van der Waals surface area contributed by atoms with Gasteiger partial charge in [-0.3, -0.25) is 27.7 Å². The molecule has 3 heterocycles. The van der Waals surface area contributed by atoms with Crippen LogP contribution in [0, 0.1) is 6.92 Å². The van der Waals surface area contributed by atoms with Crippen LogP contribution in [-0.2, 0) is 13.6 Å². The minimum atomic E-state index is -0.505. The first-order chi connectivity index (χ1) is 13.8. The Labute approximate surface area is 164 Å². The summed E-state index contributed by atoms with van der Waals surface area (Å²) >= 11 is 0. The molecule has 0 aliphatic rings. The monoisotopic (exact) mass is 392 g/mol. The molecule has 4 rings (SSSR count). The van der Waals surface area contributed by atoms with Crippen LogP contribution in [0.5, 0.6) is 0 Å². The molecule has 148 valence electrons. The number of primary amides is 1. The summed E-state index contributed by atoms with van der Waals surface area (Å²) in [7, 11) is 1.60. The van der Waals surface area contributed by atoms with Crippen LogP contribution in [-0.4, -0.2) is 29.0 Å². The number of imidazole rings is 2. The highest BCUT2D eigenvalue weighted by Gasteiger charge is 2.20. The zero-order valence-corrected chi connectivity index (χ0v) is 16.3. The smallest absolute Gasteiger partial charge is 0.332 e. The minimum absolute atomic E-state index is 0.194. The Hall–Kier alpha value is -3.88. The number of hydrogen-bond donors (Lipinski definition) is 1. The molecule has 0 radical (unpaired) electrons. The van der Waals surface area contributed by atoms with Gasteiger partial charge >= 0.3 is 5.69 Å². The van der Waals surface area contributed by atoms with Gasteiger partial charge in [-0.1, -0.05) is 12.2 Å². The predicted molar refractivity (Wildman–Crippen MR) is 110 cm³/mol. The molecule has 9 heteroatoms. The molecule has 1 aromatic carbocycles. The average molecular weight is 392 g/mol. The number of carbonyl (C=O) groups is 1. The van der Waals surface area contributed by atoms with E-state index in [0.29, 0.717) is 22.5 Å². The number of nitrogens with two attached hydrogens (primary N) is 1. The summed E-state index contributed by atoms with van der Waals surface area (Å²) < 4.78 is 6.11. The second-order valence-corrected chi connectivity index (χ2v) is 6.80. The first-order valence-electron chi connectivity index (χ1n) is 9.06. The lowest BCUT2D eigenvalue weighted by Crippen LogP contribution is -2.39. The molecule has 0 saturated carbocycles. The van der Waals surface area contributed by atoms with Gasteiger partial charge in [-0.2, -0.15) is 4.98 Å². The number of aryl methyl sites for hydroxylation is 2. The van der Waals surface area contributed by atoms with Crippen molar-refractivity contribution < 1.29 is 4.79 Å². The van der Waals surface area contributed by atoms with E-state index in [4.69, 9.17) is 5.73 Å². The van der Waals surface area contributed by atoms with Crippen molar-refractivity contribution in [2.24, 2.45) is 12.8 Å². The third kappa shape index (κ3) is 2.70. The molecule has 0 fully saturated rings. The first-order valence-corrected chi connectivity index (χ1v) is 9.06. The van der Waals surface area contributed by atoms with Crippen molar-refractivity contribution in [3.05, 3.63) is 74.7 Å². The summed E-state index contributed by atoms with van der Waals surface area (Å²) in [6.45, 7) is 3.92. The maximum atomic E-state index is 13.1. The Morgan fingerprint density at radius 2 is 1.90 bits per heavy atom. The van der Waals surface area contributed by atoms with Crippen LogP contribution in [0.15, 0.2) is 52.2 Å². The van der Waals surface area contributed by atoms with E-state index >= 15 is 0 Å². The Morgan fingerprint density at radius 3 is 2.52 bits per heavy atom. The molecule has 0 saturated heterocycles. The van der Waals surface area contributed by atoms with Crippen LogP contribution in [0.1, 0.15) is 23.0 Å². The van der Waals surface area contributed by atoms with Crippen LogP contribution in [0.25, 0.3) is 22.6 Å². The van der Waals surface area contributed by atoms with Gasteiger partial charge in [0.05, 0.1) is 0 Å². The average Bonchev–Trinajstić information content (AvgIpc) is 3.21. The largest absolute Gasteiger partial charge is 0.366 e. The molecule has 0 atom stereocenters. The number of rotatable bonds is 4. The van der Waals surface area contributed by atoms with Crippen LogP contribution in [0.4, 0.5) is 0 Å². The molecule has 3 aromatic heterocycles. The van der Waals surface area contributed by atoms with Crippen molar-refractivity contribution in [1.82, 2.24) is 23.1 Å². The highest BCUT2D eigenvalue weighted by Crippen LogP contribution is 2.21. The van der Waals surface area contributed by atoms with Crippen molar-refractivity contribution in [3.8, 4) is 5.69 Å². The molecule has 0 bridgehead atoms. The van der Waals surface area contributed by atoms with Gasteiger partial charge in [-0.15, -0.1) is 0 Å². The fourth-order valence-electron chi connectivity index (χ4n) is 3.48. The molecule has 2 N–H and O–H groups in total. The van der Waals surface area contributed by atoms with E-state index < -0.39 is 17.2 Å². The molecule has 4 aromatic rings. The lowest BCUT2D eigenvalue weighted by atomic mass is 10.2. The Bertz CT molecular complexity index is 1410. The fourth-order valence-corrected chi connectivity index (χ4v) is 3.48. The molecule has 0 spiro atoms. The van der Waals surface area contributed by atoms with Crippen LogP contribution in [0.3, 0.4) is 0 Å². The molecular weight excluding hydrogens is 372 g/mol. The molecule has 0 aliphatic carbocycles. The lowest BCUT2D eigenvalue weighted by Gasteiger charge is -2.06. The minimum Gasteiger partial charge on any atom is -0.366 e. The molecule has 1 amide bonds. The second kappa shape index (κ2) is 6.62. The highest BCUT2D eigenvalue weighted by molar-refractivity contribution is 5.93. The topological polar surface area (TPSA) is 109 Å². The number of aromatic nitrogens is 5. The summed E-state index contributed by atoms with van der Waals surface area (Å²) in [4.78, 5) is 41.6. The van der Waals surface area contributed by atoms with E-state index in [9.17, 15) is 14.4 Å². The fraction of sp³-hybridized carbons (Fsp3) is 0.200. The molecule has 29 heavy (non-hydrogen) atoms. The van der Waals surface area contributed by atoms with Crippen molar-refractivity contribution >= 4 is 22.8 Å². The van der Waals surface area contributed by atoms with Gasteiger partial charge in [0.15, 0.2) is 11.2 Å². The van der Waals surface area contributed by atoms with Gasteiger partial charge in [0.1, 0.15) is 0 Å². The van der Waals surface area contributed by atoms with Crippen LogP contribution in [0.2, 0.25) is 0 Å². The standard InChI is InChI=1S/C20H20N6O3/c1-4-5-10-24-18(28)15-17(23(3)20(24)29)22-19-25(15)11-12(2)26(19)14-8-6-13(7-9-14)16(21)27/h4-9,11H,10H2,1-3H3,(H2,21,27)/b5-4-. The maximum absolute atomic E-state index is 13.1. The quantitative estimate of drug-likeness (QED) is 0.525. The Kier molecular flexibility index (Phi) is 4.22. The highest BCUT2D eigenvalue weighted by atomic mass is 16.2. The Balaban J connectivity index is 2.04. The summed E-state index contributed by atoms with van der Waals surface area (Å²) in [6, 6.07) is 6.79. The van der Waals surface area contributed by atoms with Crippen LogP contribution >= 0.6 is 0 Å². The summed E-state index contributed by atoms with van der Waals surface area (Å²) in [5.41, 5.74) is 7.15. The number of fused-ring (bicyclic) bond motifs is 3. The van der Waals surface area contributed by atoms with Crippen molar-refractivity contribution in [2.75, 3.05) is 0 Å². The van der Waals surface area contributed by atoms with E-state index in [1.807, 2.05) is 18.4 Å². The van der Waals surface area contributed by atoms with E-state index in [0.717, 1.165) is 11.4 Å². The summed E-state index contributed by atoms with van der Waals surface area (Å²) in [5.74, 6) is -0.00522. The molecule has 9 nitrogen and oxygen atoms in total. The van der Waals surface area contributed by atoms with Gasteiger partial charge < -0.3 is 5.73 Å². The lowest BCUT2D eigenvalue weighted by molar-refractivity contribution is 0.100. The number of hydrogen-bond acceptors (Lipinski definition) is 4. The Morgan fingerprint density at radius 1 is 1.21 bits per heavy atom. The van der Waals surface area contributed by atoms with Crippen LogP contribution < -0.4 is 17.0 Å². The third-order valence-corrected chi connectivity index (χ3v) is 4.96. The number of nitrogens with zero attached hydrogens (tertiary/aromatic N) is 5. The van der Waals surface area contributed by atoms with Gasteiger partial charge in [-0.25, -0.2) is 4.79 Å². The zero-order valence-electron chi connectivity index (χ0n) is 16.3. The maximum Gasteiger partial charge on any atom is 0.332 e. The number of amides is 1. The summed E-state index contributed by atoms with van der Waals surface area (Å²) in [5, 5.41) is 0. The van der Waals surface area contributed by atoms with E-state index in [-0.39, 0.29) is 6.54 Å². The molecule has 0 aliphatic heterocycles. The van der Waals surface area contributed by atoms with E-state index in [1.165, 1.54) is 9.13 Å². The SMILES string of the molecule is C/C=C\Cn1c(=O)c2c(nc3n(-c4ccc(C(N)=O)cc4)c(C)cn23)n(C)c1=O.